The summed E-state index contributed by atoms with van der Waals surface area (Å²) in [4.78, 5) is 2.35. The number of benzene rings is 10. The molecule has 0 radical (unpaired) electrons. The molecule has 0 saturated carbocycles. The Labute approximate surface area is 334 Å². The predicted molar refractivity (Wildman–Crippen MR) is 245 cm³/mol. The van der Waals surface area contributed by atoms with E-state index >= 15 is 0 Å². The fourth-order valence-electron chi connectivity index (χ4n) is 8.58. The monoisotopic (exact) mass is 727 g/mol. The topological polar surface area (TPSA) is 3.24 Å². The lowest BCUT2D eigenvalue weighted by atomic mass is 9.86. The van der Waals surface area contributed by atoms with Crippen LogP contribution in [0.25, 0.3) is 76.8 Å². The van der Waals surface area contributed by atoms with Crippen LogP contribution in [0.2, 0.25) is 0 Å². The third-order valence-electron chi connectivity index (χ3n) is 11.3. The summed E-state index contributed by atoms with van der Waals surface area (Å²) < 4.78 is 0. The van der Waals surface area contributed by atoms with Crippen molar-refractivity contribution in [2.75, 3.05) is 4.90 Å². The van der Waals surface area contributed by atoms with E-state index in [0.717, 1.165) is 17.1 Å². The Morgan fingerprint density at radius 2 is 0.667 bits per heavy atom. The summed E-state index contributed by atoms with van der Waals surface area (Å²) in [7, 11) is 0. The molecule has 0 unspecified atom stereocenters. The van der Waals surface area contributed by atoms with Gasteiger partial charge in [-0.15, -0.1) is 0 Å². The van der Waals surface area contributed by atoms with Crippen LogP contribution in [0.5, 0.6) is 0 Å². The molecule has 270 valence electrons. The van der Waals surface area contributed by atoms with Gasteiger partial charge in [0.25, 0.3) is 0 Å². The predicted octanol–water partition coefficient (Wildman–Crippen LogP) is 15.9. The van der Waals surface area contributed by atoms with Crippen LogP contribution in [0.15, 0.2) is 212 Å². The van der Waals surface area contributed by atoms with Gasteiger partial charge in [-0.2, -0.15) is 0 Å². The van der Waals surface area contributed by atoms with Gasteiger partial charge in [0.1, 0.15) is 0 Å². The lowest BCUT2D eigenvalue weighted by Crippen LogP contribution is -2.10. The van der Waals surface area contributed by atoms with Gasteiger partial charge in [-0.3, -0.25) is 0 Å². The second-order valence-corrected chi connectivity index (χ2v) is 15.1. The average Bonchev–Trinajstić information content (AvgIpc) is 3.27. The fourth-order valence-corrected chi connectivity index (χ4v) is 8.58. The normalized spacial score (nSPS) is 11.3. The van der Waals surface area contributed by atoms with E-state index in [-0.39, 0.29) is 0 Å². The zero-order chi connectivity index (χ0) is 38.3. The minimum absolute atomic E-state index is 1.13. The van der Waals surface area contributed by atoms with Gasteiger partial charge in [0.15, 0.2) is 0 Å². The van der Waals surface area contributed by atoms with Gasteiger partial charge in [-0.1, -0.05) is 146 Å². The summed E-state index contributed by atoms with van der Waals surface area (Å²) in [6.45, 7) is 4.31. The van der Waals surface area contributed by atoms with Crippen LogP contribution in [0.4, 0.5) is 17.1 Å². The van der Waals surface area contributed by atoms with Crippen molar-refractivity contribution in [2.24, 2.45) is 0 Å². The van der Waals surface area contributed by atoms with E-state index in [4.69, 9.17) is 0 Å². The summed E-state index contributed by atoms with van der Waals surface area (Å²) in [5, 5.41) is 7.52. The number of fused-ring (bicyclic) bond motifs is 5. The third-order valence-corrected chi connectivity index (χ3v) is 11.3. The molecule has 0 aliphatic carbocycles. The molecule has 0 bridgehead atoms. The molecule has 1 nitrogen and oxygen atoms in total. The van der Waals surface area contributed by atoms with Gasteiger partial charge >= 0.3 is 0 Å². The highest BCUT2D eigenvalue weighted by Crippen LogP contribution is 2.44. The van der Waals surface area contributed by atoms with Gasteiger partial charge in [0.2, 0.25) is 0 Å². The zero-order valence-corrected chi connectivity index (χ0v) is 32.2. The highest BCUT2D eigenvalue weighted by atomic mass is 15.1. The van der Waals surface area contributed by atoms with Crippen molar-refractivity contribution in [1.29, 1.82) is 0 Å². The number of hydrogen-bond donors (Lipinski definition) is 0. The molecule has 0 aliphatic rings. The van der Waals surface area contributed by atoms with Crippen molar-refractivity contribution in [3.8, 4) is 44.5 Å². The van der Waals surface area contributed by atoms with Crippen molar-refractivity contribution in [3.05, 3.63) is 223 Å². The van der Waals surface area contributed by atoms with E-state index in [1.807, 2.05) is 0 Å². The summed E-state index contributed by atoms with van der Waals surface area (Å²) in [5.74, 6) is 0. The van der Waals surface area contributed by atoms with Crippen LogP contribution < -0.4 is 4.90 Å². The van der Waals surface area contributed by atoms with Gasteiger partial charge in [-0.05, 0) is 169 Å². The molecule has 0 aliphatic heterocycles. The van der Waals surface area contributed by atoms with E-state index in [1.165, 1.54) is 88.0 Å². The van der Waals surface area contributed by atoms with E-state index < -0.39 is 0 Å². The maximum Gasteiger partial charge on any atom is 0.0464 e. The molecule has 10 rings (SSSR count). The summed E-state index contributed by atoms with van der Waals surface area (Å²) in [6.07, 6.45) is 0. The largest absolute Gasteiger partial charge is 0.310 e. The first-order chi connectivity index (χ1) is 28.1. The Balaban J connectivity index is 1.15. The number of aryl methyl sites for hydroxylation is 2. The smallest absolute Gasteiger partial charge is 0.0464 e. The Morgan fingerprint density at radius 3 is 1.14 bits per heavy atom. The molecule has 0 fully saturated rings. The van der Waals surface area contributed by atoms with Crippen molar-refractivity contribution in [2.45, 2.75) is 13.8 Å². The molecule has 10 aromatic carbocycles. The van der Waals surface area contributed by atoms with Crippen LogP contribution in [0, 0.1) is 13.8 Å². The average molecular weight is 728 g/mol. The van der Waals surface area contributed by atoms with E-state index in [9.17, 15) is 0 Å². The summed E-state index contributed by atoms with van der Waals surface area (Å²) >= 11 is 0. The molecule has 0 spiro atoms. The molecule has 0 heterocycles. The van der Waals surface area contributed by atoms with Crippen molar-refractivity contribution >= 4 is 49.4 Å². The van der Waals surface area contributed by atoms with Crippen LogP contribution in [-0.2, 0) is 0 Å². The fraction of sp³-hybridized carbons (Fsp3) is 0.0357. The van der Waals surface area contributed by atoms with E-state index in [1.54, 1.807) is 0 Å². The van der Waals surface area contributed by atoms with Crippen LogP contribution in [0.3, 0.4) is 0 Å². The van der Waals surface area contributed by atoms with E-state index in [2.05, 4.69) is 231 Å². The zero-order valence-electron chi connectivity index (χ0n) is 32.2. The second kappa shape index (κ2) is 14.5. The van der Waals surface area contributed by atoms with Gasteiger partial charge in [-0.25, -0.2) is 0 Å². The Hall–Kier alpha value is -7.22. The minimum atomic E-state index is 1.13. The molecular weight excluding hydrogens is 687 g/mol. The Bertz CT molecular complexity index is 2970. The van der Waals surface area contributed by atoms with Crippen molar-refractivity contribution < 1.29 is 0 Å². The van der Waals surface area contributed by atoms with Gasteiger partial charge in [0, 0.05) is 17.1 Å². The molecule has 10 aromatic rings. The number of hydrogen-bond acceptors (Lipinski definition) is 1. The SMILES string of the molecule is Cc1cccc(N(c2ccc(-c3cc4c5ccccc5c(-c5cc(-c6ccccc6)cc(-c6ccccc6)c5)cc4c4ccccc34)cc2)c2cccc(C)c2)c1. The molecule has 1 heteroatoms. The Morgan fingerprint density at radius 1 is 0.246 bits per heavy atom. The molecular formula is C56H41N. The molecule has 57 heavy (non-hydrogen) atoms. The molecule has 0 saturated heterocycles. The summed E-state index contributed by atoms with van der Waals surface area (Å²) in [5.41, 5.74) is 15.6. The first-order valence-corrected chi connectivity index (χ1v) is 19.7. The molecule has 0 N–H and O–H groups in total. The Kier molecular flexibility index (Phi) is 8.69. The van der Waals surface area contributed by atoms with Crippen LogP contribution >= 0.6 is 0 Å². The quantitative estimate of drug-likeness (QED) is 0.148. The first kappa shape index (κ1) is 34.3. The third kappa shape index (κ3) is 6.44. The highest BCUT2D eigenvalue weighted by molar-refractivity contribution is 6.24. The van der Waals surface area contributed by atoms with Crippen LogP contribution in [0.1, 0.15) is 11.1 Å². The molecule has 0 atom stereocenters. The van der Waals surface area contributed by atoms with Crippen LogP contribution in [-0.4, -0.2) is 0 Å². The molecule has 0 aromatic heterocycles. The minimum Gasteiger partial charge on any atom is -0.310 e. The van der Waals surface area contributed by atoms with Gasteiger partial charge in [0.05, 0.1) is 0 Å². The van der Waals surface area contributed by atoms with Crippen molar-refractivity contribution in [1.82, 2.24) is 0 Å². The number of anilines is 3. The van der Waals surface area contributed by atoms with E-state index in [0.29, 0.717) is 0 Å². The number of nitrogens with zero attached hydrogens (tertiary/aromatic N) is 1. The maximum atomic E-state index is 2.44. The summed E-state index contributed by atoms with van der Waals surface area (Å²) in [6, 6.07) is 77.9. The standard InChI is InChI=1S/C56H41N/c1-38-15-13-21-47(31-38)57(48-22-14-16-39(2)32-48)46-29-27-42(28-30-46)53-36-55-52-26-12-10-24-50(52)54(37-56(55)51-25-11-9-23-49(51)53)45-34-43(40-17-5-3-6-18-40)33-44(35-45)41-19-7-4-8-20-41/h3-37H,1-2H3. The lowest BCUT2D eigenvalue weighted by Gasteiger charge is -2.26. The first-order valence-electron chi connectivity index (χ1n) is 19.7. The lowest BCUT2D eigenvalue weighted by molar-refractivity contribution is 1.26. The second-order valence-electron chi connectivity index (χ2n) is 15.1. The number of rotatable bonds is 7. The van der Waals surface area contributed by atoms with Crippen molar-refractivity contribution in [3.63, 3.8) is 0 Å². The maximum absolute atomic E-state index is 2.44. The molecule has 0 amide bonds. The van der Waals surface area contributed by atoms with Gasteiger partial charge < -0.3 is 4.90 Å². The highest BCUT2D eigenvalue weighted by Gasteiger charge is 2.18.